The molecule has 1 fully saturated rings. The highest BCUT2D eigenvalue weighted by atomic mass is 35.5. The molecule has 1 atom stereocenters. The van der Waals surface area contributed by atoms with E-state index in [0.717, 1.165) is 37.7 Å². The molecule has 1 saturated carbocycles. The van der Waals surface area contributed by atoms with Gasteiger partial charge in [0.15, 0.2) is 0 Å². The Hall–Kier alpha value is -1.26. The van der Waals surface area contributed by atoms with Gasteiger partial charge in [0.05, 0.1) is 10.0 Å². The van der Waals surface area contributed by atoms with Crippen LogP contribution in [0.2, 0.25) is 10.0 Å². The summed E-state index contributed by atoms with van der Waals surface area (Å²) in [5, 5.41) is 4.07. The lowest BCUT2D eigenvalue weighted by Crippen LogP contribution is -2.50. The average Bonchev–Trinajstić information content (AvgIpc) is 3.11. The van der Waals surface area contributed by atoms with E-state index < -0.39 is 6.04 Å². The Morgan fingerprint density at radius 1 is 1.19 bits per heavy atom. The van der Waals surface area contributed by atoms with Crippen molar-refractivity contribution in [3.05, 3.63) is 33.8 Å². The van der Waals surface area contributed by atoms with Gasteiger partial charge in [0.1, 0.15) is 6.04 Å². The molecule has 0 radical (unpaired) electrons. The van der Waals surface area contributed by atoms with E-state index in [-0.39, 0.29) is 17.9 Å². The molecule has 0 aliphatic heterocycles. The normalized spacial score (nSPS) is 15.7. The molecule has 0 aromatic heterocycles. The number of benzene rings is 1. The summed E-state index contributed by atoms with van der Waals surface area (Å²) in [5.74, 6) is -0.0593. The molecule has 0 saturated heterocycles. The van der Waals surface area contributed by atoms with Crippen molar-refractivity contribution in [3.8, 4) is 0 Å². The molecule has 1 N–H and O–H groups in total. The Bertz CT molecular complexity index is 630. The van der Waals surface area contributed by atoms with Crippen molar-refractivity contribution in [3.63, 3.8) is 0 Å². The lowest BCUT2D eigenvalue weighted by atomic mass is 10.1. The Labute approximate surface area is 166 Å². The molecule has 1 aliphatic rings. The summed E-state index contributed by atoms with van der Waals surface area (Å²) < 4.78 is 0. The number of nitrogens with one attached hydrogen (secondary N) is 1. The maximum Gasteiger partial charge on any atom is 0.243 e. The molecule has 2 amide bonds. The highest BCUT2D eigenvalue weighted by Crippen LogP contribution is 2.24. The molecule has 1 unspecified atom stereocenters. The number of nitrogens with zero attached hydrogens (tertiary/aromatic N) is 1. The summed E-state index contributed by atoms with van der Waals surface area (Å²) in [4.78, 5) is 27.3. The highest BCUT2D eigenvalue weighted by molar-refractivity contribution is 6.42. The summed E-state index contributed by atoms with van der Waals surface area (Å²) in [6.45, 7) is 4.26. The van der Waals surface area contributed by atoms with Crippen molar-refractivity contribution in [1.82, 2.24) is 10.2 Å². The van der Waals surface area contributed by atoms with Gasteiger partial charge in [0, 0.05) is 19.0 Å². The first-order valence-corrected chi connectivity index (χ1v) is 10.3. The topological polar surface area (TPSA) is 49.4 Å². The van der Waals surface area contributed by atoms with Crippen LogP contribution in [0.5, 0.6) is 0 Å². The number of hydrogen-bond acceptors (Lipinski definition) is 2. The van der Waals surface area contributed by atoms with Gasteiger partial charge in [0.2, 0.25) is 11.8 Å². The van der Waals surface area contributed by atoms with E-state index in [2.05, 4.69) is 5.32 Å². The number of carbonyl (C=O) groups is 2. The Kier molecular flexibility index (Phi) is 8.23. The van der Waals surface area contributed by atoms with Crippen molar-refractivity contribution in [2.24, 2.45) is 0 Å². The van der Waals surface area contributed by atoms with Crippen LogP contribution in [0.3, 0.4) is 0 Å². The van der Waals surface area contributed by atoms with Crippen LogP contribution < -0.4 is 5.32 Å². The quantitative estimate of drug-likeness (QED) is 0.672. The van der Waals surface area contributed by atoms with Crippen LogP contribution in [-0.2, 0) is 16.1 Å². The van der Waals surface area contributed by atoms with E-state index >= 15 is 0 Å². The van der Waals surface area contributed by atoms with Crippen molar-refractivity contribution >= 4 is 35.0 Å². The molecule has 2 rings (SSSR count). The van der Waals surface area contributed by atoms with Gasteiger partial charge in [0.25, 0.3) is 0 Å². The van der Waals surface area contributed by atoms with Crippen molar-refractivity contribution in [2.75, 3.05) is 0 Å². The van der Waals surface area contributed by atoms with Crippen LogP contribution in [-0.4, -0.2) is 28.8 Å². The fourth-order valence-corrected chi connectivity index (χ4v) is 3.80. The van der Waals surface area contributed by atoms with E-state index in [1.807, 2.05) is 19.9 Å². The highest BCUT2D eigenvalue weighted by Gasteiger charge is 2.30. The number of hydrogen-bond donors (Lipinski definition) is 1. The third kappa shape index (κ3) is 5.62. The van der Waals surface area contributed by atoms with Crippen molar-refractivity contribution in [2.45, 2.75) is 77.4 Å². The average molecular weight is 399 g/mol. The molecule has 1 aromatic carbocycles. The number of amides is 2. The van der Waals surface area contributed by atoms with E-state index in [9.17, 15) is 9.59 Å². The summed E-state index contributed by atoms with van der Waals surface area (Å²) in [6.07, 6.45) is 6.12. The predicted octanol–water partition coefficient (Wildman–Crippen LogP) is 4.96. The predicted molar refractivity (Wildman–Crippen MR) is 106 cm³/mol. The minimum Gasteiger partial charge on any atom is -0.352 e. The van der Waals surface area contributed by atoms with Gasteiger partial charge < -0.3 is 10.2 Å². The first kappa shape index (κ1) is 21.0. The van der Waals surface area contributed by atoms with Gasteiger partial charge >= 0.3 is 0 Å². The zero-order valence-corrected chi connectivity index (χ0v) is 17.1. The van der Waals surface area contributed by atoms with Crippen LogP contribution in [0.4, 0.5) is 0 Å². The lowest BCUT2D eigenvalue weighted by molar-refractivity contribution is -0.141. The molecule has 6 heteroatoms. The number of rotatable bonds is 8. The first-order chi connectivity index (χ1) is 12.5. The Balaban J connectivity index is 2.18. The van der Waals surface area contributed by atoms with Gasteiger partial charge in [-0.05, 0) is 43.4 Å². The first-order valence-electron chi connectivity index (χ1n) is 9.50. The molecular formula is C20H28Cl2N2O2. The third-order valence-electron chi connectivity index (χ3n) is 4.89. The van der Waals surface area contributed by atoms with Gasteiger partial charge in [-0.15, -0.1) is 0 Å². The van der Waals surface area contributed by atoms with Gasteiger partial charge in [-0.2, -0.15) is 0 Å². The summed E-state index contributed by atoms with van der Waals surface area (Å²) in [5.41, 5.74) is 0.871. The minimum absolute atomic E-state index is 0.00741. The molecule has 1 aliphatic carbocycles. The lowest BCUT2D eigenvalue weighted by Gasteiger charge is -2.31. The van der Waals surface area contributed by atoms with E-state index in [4.69, 9.17) is 23.2 Å². The molecule has 0 spiro atoms. The minimum atomic E-state index is -0.468. The maximum atomic E-state index is 12.8. The van der Waals surface area contributed by atoms with Gasteiger partial charge in [-0.3, -0.25) is 9.59 Å². The number of halogens is 2. The second-order valence-corrected chi connectivity index (χ2v) is 7.75. The van der Waals surface area contributed by atoms with Crippen molar-refractivity contribution < 1.29 is 9.59 Å². The molecule has 1 aromatic rings. The standard InChI is InChI=1S/C20H28Cl2N2O2/c1-3-7-19(25)24(13-14-10-11-16(21)17(22)12-14)18(4-2)20(26)23-15-8-5-6-9-15/h10-12,15,18H,3-9,13H2,1-2H3,(H,23,26). The second kappa shape index (κ2) is 10.2. The van der Waals surface area contributed by atoms with E-state index in [0.29, 0.717) is 29.4 Å². The summed E-state index contributed by atoms with van der Waals surface area (Å²) >= 11 is 12.1. The monoisotopic (exact) mass is 398 g/mol. The van der Waals surface area contributed by atoms with Crippen LogP contribution >= 0.6 is 23.2 Å². The second-order valence-electron chi connectivity index (χ2n) is 6.93. The van der Waals surface area contributed by atoms with Crippen LogP contribution in [0.25, 0.3) is 0 Å². The molecule has 4 nitrogen and oxygen atoms in total. The Morgan fingerprint density at radius 2 is 1.88 bits per heavy atom. The fraction of sp³-hybridized carbons (Fsp3) is 0.600. The fourth-order valence-electron chi connectivity index (χ4n) is 3.48. The third-order valence-corrected chi connectivity index (χ3v) is 5.63. The molecule has 26 heavy (non-hydrogen) atoms. The summed E-state index contributed by atoms with van der Waals surface area (Å²) in [7, 11) is 0. The van der Waals surface area contributed by atoms with Crippen LogP contribution in [0.15, 0.2) is 18.2 Å². The van der Waals surface area contributed by atoms with Crippen molar-refractivity contribution in [1.29, 1.82) is 0 Å². The van der Waals surface area contributed by atoms with E-state index in [1.54, 1.807) is 17.0 Å². The van der Waals surface area contributed by atoms with Crippen LogP contribution in [0.1, 0.15) is 64.4 Å². The maximum absolute atomic E-state index is 12.8. The van der Waals surface area contributed by atoms with Crippen LogP contribution in [0, 0.1) is 0 Å². The zero-order chi connectivity index (χ0) is 19.1. The largest absolute Gasteiger partial charge is 0.352 e. The summed E-state index contributed by atoms with van der Waals surface area (Å²) in [6, 6.07) is 5.11. The SMILES string of the molecule is CCCC(=O)N(Cc1ccc(Cl)c(Cl)c1)C(CC)C(=O)NC1CCCC1. The molecule has 144 valence electrons. The zero-order valence-electron chi connectivity index (χ0n) is 15.6. The smallest absolute Gasteiger partial charge is 0.243 e. The van der Waals surface area contributed by atoms with Gasteiger partial charge in [-0.25, -0.2) is 0 Å². The Morgan fingerprint density at radius 3 is 2.46 bits per heavy atom. The van der Waals surface area contributed by atoms with Gasteiger partial charge in [-0.1, -0.05) is 56.0 Å². The van der Waals surface area contributed by atoms with E-state index in [1.165, 1.54) is 0 Å². The molecular weight excluding hydrogens is 371 g/mol. The number of carbonyl (C=O) groups excluding carboxylic acids is 2. The molecule has 0 bridgehead atoms. The molecule has 0 heterocycles.